The predicted molar refractivity (Wildman–Crippen MR) is 261 cm³/mol. The van der Waals surface area contributed by atoms with E-state index in [4.69, 9.17) is 14.2 Å². The standard InChI is InChI=1S/C55H102O6/c1-4-7-10-13-15-17-19-21-23-25-27-28-30-31-33-35-37-39-42-45-48-54(57)60-51-52(50-59-53(56)47-44-41-12-9-6-3)61-55(58)49-46-43-40-38-36-34-32-29-26-24-22-20-18-16-14-11-8-5-2/h18,20,24,26,52H,4-17,19,21-23,25,27-51H2,1-3H3/b20-18-,26-24-. The summed E-state index contributed by atoms with van der Waals surface area (Å²) in [5.41, 5.74) is 0. The summed E-state index contributed by atoms with van der Waals surface area (Å²) in [6.07, 6.45) is 57.8. The monoisotopic (exact) mass is 859 g/mol. The van der Waals surface area contributed by atoms with Crippen molar-refractivity contribution in [2.45, 2.75) is 297 Å². The van der Waals surface area contributed by atoms with E-state index in [0.717, 1.165) is 77.0 Å². The smallest absolute Gasteiger partial charge is 0.306 e. The number of allylic oxidation sites excluding steroid dienone is 4. The molecule has 0 spiro atoms. The highest BCUT2D eigenvalue weighted by atomic mass is 16.6. The maximum Gasteiger partial charge on any atom is 0.306 e. The molecule has 1 atom stereocenters. The van der Waals surface area contributed by atoms with Gasteiger partial charge >= 0.3 is 17.9 Å². The molecule has 0 aromatic carbocycles. The van der Waals surface area contributed by atoms with Gasteiger partial charge in [0.25, 0.3) is 0 Å². The summed E-state index contributed by atoms with van der Waals surface area (Å²) < 4.78 is 16.7. The quantitative estimate of drug-likeness (QED) is 0.0262. The Labute approximate surface area is 379 Å². The lowest BCUT2D eigenvalue weighted by molar-refractivity contribution is -0.167. The van der Waals surface area contributed by atoms with Crippen molar-refractivity contribution in [2.75, 3.05) is 13.2 Å². The van der Waals surface area contributed by atoms with E-state index in [2.05, 4.69) is 45.1 Å². The Balaban J connectivity index is 4.11. The summed E-state index contributed by atoms with van der Waals surface area (Å²) in [5.74, 6) is -0.879. The number of ether oxygens (including phenoxy) is 3. The predicted octanol–water partition coefficient (Wildman–Crippen LogP) is 17.5. The maximum atomic E-state index is 12.7. The van der Waals surface area contributed by atoms with Crippen molar-refractivity contribution >= 4 is 17.9 Å². The molecule has 0 saturated heterocycles. The number of carbonyl (C=O) groups is 3. The van der Waals surface area contributed by atoms with Crippen LogP contribution in [0.1, 0.15) is 290 Å². The van der Waals surface area contributed by atoms with Crippen LogP contribution in [0.25, 0.3) is 0 Å². The van der Waals surface area contributed by atoms with Gasteiger partial charge in [0.15, 0.2) is 6.10 Å². The van der Waals surface area contributed by atoms with Gasteiger partial charge in [0.2, 0.25) is 0 Å². The summed E-state index contributed by atoms with van der Waals surface area (Å²) in [7, 11) is 0. The average Bonchev–Trinajstić information content (AvgIpc) is 3.26. The first-order valence-corrected chi connectivity index (χ1v) is 26.8. The van der Waals surface area contributed by atoms with Gasteiger partial charge in [-0.05, 0) is 51.4 Å². The van der Waals surface area contributed by atoms with Crippen LogP contribution >= 0.6 is 0 Å². The molecule has 0 amide bonds. The molecule has 6 heteroatoms. The fraction of sp³-hybridized carbons (Fsp3) is 0.873. The molecule has 61 heavy (non-hydrogen) atoms. The fourth-order valence-corrected chi connectivity index (χ4v) is 7.89. The number of hydrogen-bond donors (Lipinski definition) is 0. The van der Waals surface area contributed by atoms with Gasteiger partial charge in [-0.2, -0.15) is 0 Å². The van der Waals surface area contributed by atoms with Gasteiger partial charge in [-0.15, -0.1) is 0 Å². The van der Waals surface area contributed by atoms with Crippen molar-refractivity contribution in [2.24, 2.45) is 0 Å². The van der Waals surface area contributed by atoms with Gasteiger partial charge in [0, 0.05) is 19.3 Å². The molecule has 358 valence electrons. The molecule has 0 radical (unpaired) electrons. The van der Waals surface area contributed by atoms with Gasteiger partial charge in [0.1, 0.15) is 13.2 Å². The third-order valence-corrected chi connectivity index (χ3v) is 12.0. The van der Waals surface area contributed by atoms with Crippen molar-refractivity contribution in [3.63, 3.8) is 0 Å². The van der Waals surface area contributed by atoms with E-state index in [1.807, 2.05) is 0 Å². The second-order valence-corrected chi connectivity index (χ2v) is 18.2. The zero-order valence-electron chi connectivity index (χ0n) is 40.9. The highest BCUT2D eigenvalue weighted by Gasteiger charge is 2.19. The summed E-state index contributed by atoms with van der Waals surface area (Å²) in [5, 5.41) is 0. The number of carbonyl (C=O) groups excluding carboxylic acids is 3. The lowest BCUT2D eigenvalue weighted by atomic mass is 10.0. The molecule has 6 nitrogen and oxygen atoms in total. The third-order valence-electron chi connectivity index (χ3n) is 12.0. The minimum atomic E-state index is -0.768. The van der Waals surface area contributed by atoms with Crippen molar-refractivity contribution < 1.29 is 28.6 Å². The minimum Gasteiger partial charge on any atom is -0.462 e. The van der Waals surface area contributed by atoms with E-state index in [1.165, 1.54) is 173 Å². The number of hydrogen-bond acceptors (Lipinski definition) is 6. The molecule has 0 aliphatic rings. The van der Waals surface area contributed by atoms with Crippen LogP contribution in [0.3, 0.4) is 0 Å². The zero-order valence-corrected chi connectivity index (χ0v) is 40.9. The Bertz CT molecular complexity index is 989. The van der Waals surface area contributed by atoms with Crippen LogP contribution in [-0.4, -0.2) is 37.2 Å². The van der Waals surface area contributed by atoms with E-state index in [0.29, 0.717) is 19.3 Å². The molecule has 0 fully saturated rings. The Hall–Kier alpha value is -2.11. The Morgan fingerprint density at radius 1 is 0.328 bits per heavy atom. The van der Waals surface area contributed by atoms with Crippen LogP contribution in [-0.2, 0) is 28.6 Å². The first kappa shape index (κ1) is 58.9. The van der Waals surface area contributed by atoms with Crippen molar-refractivity contribution in [1.29, 1.82) is 0 Å². The molecule has 0 rings (SSSR count). The molecule has 0 bridgehead atoms. The van der Waals surface area contributed by atoms with Crippen molar-refractivity contribution in [3.05, 3.63) is 24.3 Å². The first-order valence-electron chi connectivity index (χ1n) is 26.8. The molecule has 0 aromatic heterocycles. The summed E-state index contributed by atoms with van der Waals surface area (Å²) >= 11 is 0. The van der Waals surface area contributed by atoms with Crippen LogP contribution in [0.15, 0.2) is 24.3 Å². The maximum absolute atomic E-state index is 12.7. The Kier molecular flexibility index (Phi) is 48.8. The normalized spacial score (nSPS) is 12.1. The molecule has 1 unspecified atom stereocenters. The van der Waals surface area contributed by atoms with Crippen LogP contribution in [0.2, 0.25) is 0 Å². The topological polar surface area (TPSA) is 78.9 Å². The molecule has 0 N–H and O–H groups in total. The lowest BCUT2D eigenvalue weighted by Gasteiger charge is -2.18. The second kappa shape index (κ2) is 50.5. The van der Waals surface area contributed by atoms with Gasteiger partial charge in [-0.3, -0.25) is 14.4 Å². The molecule has 0 aliphatic carbocycles. The van der Waals surface area contributed by atoms with E-state index >= 15 is 0 Å². The third kappa shape index (κ3) is 48.8. The Morgan fingerprint density at radius 3 is 0.918 bits per heavy atom. The van der Waals surface area contributed by atoms with Crippen molar-refractivity contribution in [3.8, 4) is 0 Å². The average molecular weight is 859 g/mol. The van der Waals surface area contributed by atoms with Crippen molar-refractivity contribution in [1.82, 2.24) is 0 Å². The zero-order chi connectivity index (χ0) is 44.4. The van der Waals surface area contributed by atoms with E-state index in [9.17, 15) is 14.4 Å². The number of unbranched alkanes of at least 4 members (excludes halogenated alkanes) is 34. The van der Waals surface area contributed by atoms with E-state index in [1.54, 1.807) is 0 Å². The SMILES string of the molecule is CCCCCC/C=C\C/C=C\CCCCCCCCCC(=O)OC(COC(=O)CCCCCCC)COC(=O)CCCCCCCCCCCCCCCCCCCCCC. The Morgan fingerprint density at radius 2 is 0.590 bits per heavy atom. The van der Waals surface area contributed by atoms with Gasteiger partial charge in [0.05, 0.1) is 0 Å². The second-order valence-electron chi connectivity index (χ2n) is 18.2. The highest BCUT2D eigenvalue weighted by molar-refractivity contribution is 5.71. The lowest BCUT2D eigenvalue weighted by Crippen LogP contribution is -2.30. The molecular weight excluding hydrogens is 757 g/mol. The van der Waals surface area contributed by atoms with Crippen LogP contribution < -0.4 is 0 Å². The molecule has 0 aliphatic heterocycles. The molecule has 0 aromatic rings. The summed E-state index contributed by atoms with van der Waals surface area (Å²) in [6, 6.07) is 0. The highest BCUT2D eigenvalue weighted by Crippen LogP contribution is 2.16. The fourth-order valence-electron chi connectivity index (χ4n) is 7.89. The van der Waals surface area contributed by atoms with Crippen LogP contribution in [0.4, 0.5) is 0 Å². The van der Waals surface area contributed by atoms with E-state index in [-0.39, 0.29) is 31.1 Å². The molecular formula is C55H102O6. The summed E-state index contributed by atoms with van der Waals surface area (Å²) in [6.45, 7) is 6.57. The molecule has 0 heterocycles. The van der Waals surface area contributed by atoms with Gasteiger partial charge in [-0.1, -0.05) is 244 Å². The molecule has 0 saturated carbocycles. The largest absolute Gasteiger partial charge is 0.462 e. The van der Waals surface area contributed by atoms with Gasteiger partial charge < -0.3 is 14.2 Å². The van der Waals surface area contributed by atoms with Crippen LogP contribution in [0, 0.1) is 0 Å². The number of esters is 3. The first-order chi connectivity index (χ1) is 30.0. The van der Waals surface area contributed by atoms with E-state index < -0.39 is 6.10 Å². The summed E-state index contributed by atoms with van der Waals surface area (Å²) in [4.78, 5) is 37.7. The van der Waals surface area contributed by atoms with Gasteiger partial charge in [-0.25, -0.2) is 0 Å². The number of rotatable bonds is 49. The van der Waals surface area contributed by atoms with Crippen LogP contribution in [0.5, 0.6) is 0 Å². The minimum absolute atomic E-state index is 0.0709.